The molecule has 0 radical (unpaired) electrons. The van der Waals surface area contributed by atoms with Crippen molar-refractivity contribution in [2.75, 3.05) is 7.11 Å². The van der Waals surface area contributed by atoms with Gasteiger partial charge in [-0.15, -0.1) is 0 Å². The molecule has 1 heterocycles. The van der Waals surface area contributed by atoms with Gasteiger partial charge >= 0.3 is 5.97 Å². The number of rotatable bonds is 5. The number of pyridine rings is 1. The van der Waals surface area contributed by atoms with Crippen LogP contribution in [-0.4, -0.2) is 22.6 Å². The predicted molar refractivity (Wildman–Crippen MR) is 104 cm³/mol. The Hall–Kier alpha value is -4.25. The molecule has 0 amide bonds. The highest BCUT2D eigenvalue weighted by molar-refractivity contribution is 5.98. The summed E-state index contributed by atoms with van der Waals surface area (Å²) in [5.41, 5.74) is -0.125. The molecule has 0 saturated heterocycles. The zero-order valence-corrected chi connectivity index (χ0v) is 15.4. The zero-order valence-electron chi connectivity index (χ0n) is 15.4. The van der Waals surface area contributed by atoms with Gasteiger partial charge in [-0.1, -0.05) is 42.5 Å². The third-order valence-electron chi connectivity index (χ3n) is 4.34. The van der Waals surface area contributed by atoms with E-state index in [0.717, 1.165) is 5.56 Å². The van der Waals surface area contributed by atoms with Crippen LogP contribution in [0.15, 0.2) is 65.6 Å². The standard InChI is InChI=1S/C21H15N3O5/c1-29-21(26)18-13-23(12-14-6-3-2-4-7-14)20(25)17(11-22)19(18)15-8-5-9-16(10-15)24(27)28/h2-10,13H,12H2,1H3. The fourth-order valence-corrected chi connectivity index (χ4v) is 3.01. The highest BCUT2D eigenvalue weighted by Gasteiger charge is 2.23. The number of carbonyl (C=O) groups excluding carboxylic acids is 1. The summed E-state index contributed by atoms with van der Waals surface area (Å²) < 4.78 is 6.07. The van der Waals surface area contributed by atoms with Gasteiger partial charge in [-0.05, 0) is 11.1 Å². The van der Waals surface area contributed by atoms with Crippen molar-refractivity contribution >= 4 is 11.7 Å². The minimum absolute atomic E-state index is 0.0114. The number of esters is 1. The van der Waals surface area contributed by atoms with Gasteiger partial charge in [0.15, 0.2) is 0 Å². The summed E-state index contributed by atoms with van der Waals surface area (Å²) >= 11 is 0. The molecule has 0 fully saturated rings. The molecule has 1 aromatic heterocycles. The second kappa shape index (κ2) is 8.19. The topological polar surface area (TPSA) is 115 Å². The number of nitriles is 1. The van der Waals surface area contributed by atoms with Gasteiger partial charge in [0, 0.05) is 23.9 Å². The first-order valence-electron chi connectivity index (χ1n) is 8.51. The van der Waals surface area contributed by atoms with Gasteiger partial charge < -0.3 is 9.30 Å². The Morgan fingerprint density at radius 2 is 1.93 bits per heavy atom. The van der Waals surface area contributed by atoms with E-state index in [1.807, 2.05) is 36.4 Å². The summed E-state index contributed by atoms with van der Waals surface area (Å²) in [6, 6.07) is 16.3. The van der Waals surface area contributed by atoms with Gasteiger partial charge in [-0.25, -0.2) is 4.79 Å². The maximum atomic E-state index is 12.9. The molecule has 0 saturated carbocycles. The normalized spacial score (nSPS) is 10.2. The summed E-state index contributed by atoms with van der Waals surface area (Å²) in [6.45, 7) is 0.146. The molecule has 144 valence electrons. The number of non-ortho nitro benzene ring substituents is 1. The van der Waals surface area contributed by atoms with Crippen molar-refractivity contribution in [3.05, 3.63) is 98.0 Å². The summed E-state index contributed by atoms with van der Waals surface area (Å²) in [4.78, 5) is 35.9. The molecule has 29 heavy (non-hydrogen) atoms. The lowest BCUT2D eigenvalue weighted by Crippen LogP contribution is -2.26. The lowest BCUT2D eigenvalue weighted by Gasteiger charge is -2.14. The van der Waals surface area contributed by atoms with E-state index < -0.39 is 16.5 Å². The predicted octanol–water partition coefficient (Wildman–Crippen LogP) is 3.13. The highest BCUT2D eigenvalue weighted by Crippen LogP contribution is 2.29. The second-order valence-corrected chi connectivity index (χ2v) is 6.12. The van der Waals surface area contributed by atoms with Crippen LogP contribution in [-0.2, 0) is 11.3 Å². The Bertz CT molecular complexity index is 1190. The van der Waals surface area contributed by atoms with E-state index in [0.29, 0.717) is 0 Å². The number of hydrogen-bond acceptors (Lipinski definition) is 6. The quantitative estimate of drug-likeness (QED) is 0.376. The van der Waals surface area contributed by atoms with E-state index in [2.05, 4.69) is 0 Å². The fraction of sp³-hybridized carbons (Fsp3) is 0.0952. The van der Waals surface area contributed by atoms with Crippen molar-refractivity contribution in [3.8, 4) is 17.2 Å². The molecular formula is C21H15N3O5. The third kappa shape index (κ3) is 3.89. The number of nitro groups is 1. The number of benzene rings is 2. The molecule has 0 spiro atoms. The molecule has 0 aliphatic heterocycles. The first-order chi connectivity index (χ1) is 14.0. The van der Waals surface area contributed by atoms with Gasteiger partial charge in [0.1, 0.15) is 11.6 Å². The Kier molecular flexibility index (Phi) is 5.51. The Balaban J connectivity index is 2.28. The molecule has 0 N–H and O–H groups in total. The summed E-state index contributed by atoms with van der Waals surface area (Å²) in [6.07, 6.45) is 1.32. The molecular weight excluding hydrogens is 374 g/mol. The number of hydrogen-bond donors (Lipinski definition) is 0. The van der Waals surface area contributed by atoms with Crippen LogP contribution < -0.4 is 5.56 Å². The minimum Gasteiger partial charge on any atom is -0.465 e. The van der Waals surface area contributed by atoms with E-state index >= 15 is 0 Å². The van der Waals surface area contributed by atoms with Crippen LogP contribution in [0.25, 0.3) is 11.1 Å². The average molecular weight is 389 g/mol. The number of ether oxygens (including phenoxy) is 1. The van der Waals surface area contributed by atoms with E-state index in [9.17, 15) is 25.0 Å². The molecule has 0 atom stereocenters. The number of methoxy groups -OCH3 is 1. The van der Waals surface area contributed by atoms with Crippen LogP contribution in [0.5, 0.6) is 0 Å². The lowest BCUT2D eigenvalue weighted by molar-refractivity contribution is -0.384. The van der Waals surface area contributed by atoms with Crippen LogP contribution in [0.3, 0.4) is 0 Å². The third-order valence-corrected chi connectivity index (χ3v) is 4.34. The van der Waals surface area contributed by atoms with E-state index in [4.69, 9.17) is 4.74 Å². The maximum Gasteiger partial charge on any atom is 0.340 e. The molecule has 0 bridgehead atoms. The molecule has 8 nitrogen and oxygen atoms in total. The summed E-state index contributed by atoms with van der Waals surface area (Å²) in [5, 5.41) is 20.8. The second-order valence-electron chi connectivity index (χ2n) is 6.12. The van der Waals surface area contributed by atoms with Gasteiger partial charge in [-0.3, -0.25) is 14.9 Å². The molecule has 2 aromatic carbocycles. The van der Waals surface area contributed by atoms with Crippen molar-refractivity contribution in [1.82, 2.24) is 4.57 Å². The summed E-state index contributed by atoms with van der Waals surface area (Å²) in [5.74, 6) is -0.759. The summed E-state index contributed by atoms with van der Waals surface area (Å²) in [7, 11) is 1.18. The van der Waals surface area contributed by atoms with Crippen molar-refractivity contribution in [1.29, 1.82) is 5.26 Å². The minimum atomic E-state index is -0.759. The number of aromatic nitrogens is 1. The largest absolute Gasteiger partial charge is 0.465 e. The molecule has 0 aliphatic carbocycles. The van der Waals surface area contributed by atoms with E-state index in [-0.39, 0.29) is 34.5 Å². The Morgan fingerprint density at radius 1 is 1.21 bits per heavy atom. The Labute approximate surface area is 165 Å². The smallest absolute Gasteiger partial charge is 0.340 e. The Morgan fingerprint density at radius 3 is 2.55 bits per heavy atom. The lowest BCUT2D eigenvalue weighted by atomic mass is 9.96. The van der Waals surface area contributed by atoms with Crippen molar-refractivity contribution in [2.45, 2.75) is 6.54 Å². The van der Waals surface area contributed by atoms with Crippen LogP contribution >= 0.6 is 0 Å². The number of nitrogens with zero attached hydrogens (tertiary/aromatic N) is 3. The molecule has 0 aliphatic rings. The molecule has 3 aromatic rings. The van der Waals surface area contributed by atoms with Crippen LogP contribution in [0.4, 0.5) is 5.69 Å². The van der Waals surface area contributed by atoms with Gasteiger partial charge in [0.25, 0.3) is 11.2 Å². The van der Waals surface area contributed by atoms with Crippen LogP contribution in [0, 0.1) is 21.4 Å². The van der Waals surface area contributed by atoms with Crippen LogP contribution in [0.2, 0.25) is 0 Å². The van der Waals surface area contributed by atoms with Crippen molar-refractivity contribution in [2.24, 2.45) is 0 Å². The first-order valence-corrected chi connectivity index (χ1v) is 8.51. The van der Waals surface area contributed by atoms with Crippen molar-refractivity contribution < 1.29 is 14.5 Å². The van der Waals surface area contributed by atoms with Gasteiger partial charge in [0.2, 0.25) is 0 Å². The molecule has 8 heteroatoms. The number of carbonyl (C=O) groups is 1. The zero-order chi connectivity index (χ0) is 21.0. The molecule has 3 rings (SSSR count). The van der Waals surface area contributed by atoms with Gasteiger partial charge in [-0.2, -0.15) is 5.26 Å². The highest BCUT2D eigenvalue weighted by atomic mass is 16.6. The van der Waals surface area contributed by atoms with E-state index in [1.54, 1.807) is 0 Å². The maximum absolute atomic E-state index is 12.9. The van der Waals surface area contributed by atoms with Crippen molar-refractivity contribution in [3.63, 3.8) is 0 Å². The van der Waals surface area contributed by atoms with E-state index in [1.165, 1.54) is 42.1 Å². The average Bonchev–Trinajstić information content (AvgIpc) is 2.75. The SMILES string of the molecule is COC(=O)c1cn(Cc2ccccc2)c(=O)c(C#N)c1-c1cccc([N+](=O)[O-])c1. The fourth-order valence-electron chi connectivity index (χ4n) is 3.01. The monoisotopic (exact) mass is 389 g/mol. The molecule has 0 unspecified atom stereocenters. The van der Waals surface area contributed by atoms with Gasteiger partial charge in [0.05, 0.1) is 24.1 Å². The van der Waals surface area contributed by atoms with Crippen LogP contribution in [0.1, 0.15) is 21.5 Å². The first kappa shape index (κ1) is 19.5. The number of nitro benzene ring substituents is 1.